The number of aromatic nitrogens is 1. The molecule has 0 radical (unpaired) electrons. The second-order valence-corrected chi connectivity index (χ2v) is 7.37. The van der Waals surface area contributed by atoms with E-state index in [2.05, 4.69) is 26.2 Å². The summed E-state index contributed by atoms with van der Waals surface area (Å²) in [6, 6.07) is 13.7. The molecule has 134 valence electrons. The van der Waals surface area contributed by atoms with Gasteiger partial charge in [-0.2, -0.15) is 0 Å². The number of carboxylic acids is 1. The van der Waals surface area contributed by atoms with Crippen molar-refractivity contribution in [3.05, 3.63) is 74.4 Å². The highest BCUT2D eigenvalue weighted by Crippen LogP contribution is 2.29. The molecule has 0 fully saturated rings. The first-order valence-corrected chi connectivity index (χ1v) is 9.47. The van der Waals surface area contributed by atoms with Gasteiger partial charge >= 0.3 is 11.6 Å². The molecule has 0 aliphatic rings. The van der Waals surface area contributed by atoms with Gasteiger partial charge in [0.1, 0.15) is 0 Å². The van der Waals surface area contributed by atoms with Crippen molar-refractivity contribution in [3.63, 3.8) is 0 Å². The van der Waals surface area contributed by atoms with Gasteiger partial charge in [0.15, 0.2) is 10.7 Å². The maximum atomic E-state index is 12.4. The molecule has 8 heteroatoms. The summed E-state index contributed by atoms with van der Waals surface area (Å²) in [6.07, 6.45) is 0. The fourth-order valence-electron chi connectivity index (χ4n) is 2.60. The van der Waals surface area contributed by atoms with E-state index in [4.69, 9.17) is 9.52 Å². The molecule has 0 spiro atoms. The second-order valence-electron chi connectivity index (χ2n) is 5.65. The van der Waals surface area contributed by atoms with E-state index in [1.54, 1.807) is 29.6 Å². The van der Waals surface area contributed by atoms with Crippen molar-refractivity contribution in [1.29, 1.82) is 0 Å². The van der Waals surface area contributed by atoms with Gasteiger partial charge in [-0.05, 0) is 46.3 Å². The maximum absolute atomic E-state index is 12.4. The lowest BCUT2D eigenvalue weighted by Gasteiger charge is -2.03. The SMILES string of the molecule is O=C(O)c1cccc(Nc2nc(-c3cc4cccc(Br)c4oc3=O)cs2)c1. The van der Waals surface area contributed by atoms with Crippen LogP contribution in [0, 0.1) is 0 Å². The Hall–Kier alpha value is -2.97. The fraction of sp³-hybridized carbons (Fsp3) is 0. The largest absolute Gasteiger partial charge is 0.478 e. The molecule has 0 amide bonds. The topological polar surface area (TPSA) is 92.4 Å². The predicted molar refractivity (Wildman–Crippen MR) is 108 cm³/mol. The molecule has 2 aromatic heterocycles. The zero-order valence-electron chi connectivity index (χ0n) is 13.6. The van der Waals surface area contributed by atoms with Gasteiger partial charge in [0.25, 0.3) is 0 Å². The zero-order chi connectivity index (χ0) is 19.0. The van der Waals surface area contributed by atoms with Crippen molar-refractivity contribution < 1.29 is 14.3 Å². The van der Waals surface area contributed by atoms with Gasteiger partial charge in [-0.25, -0.2) is 14.6 Å². The van der Waals surface area contributed by atoms with Crippen molar-refractivity contribution in [3.8, 4) is 11.3 Å². The van der Waals surface area contributed by atoms with E-state index in [1.165, 1.54) is 23.5 Å². The third kappa shape index (κ3) is 3.49. The Morgan fingerprint density at radius 1 is 1.19 bits per heavy atom. The van der Waals surface area contributed by atoms with E-state index in [9.17, 15) is 9.59 Å². The number of thiazole rings is 1. The normalized spacial score (nSPS) is 10.9. The number of carbonyl (C=O) groups is 1. The van der Waals surface area contributed by atoms with Crippen molar-refractivity contribution in [1.82, 2.24) is 4.98 Å². The summed E-state index contributed by atoms with van der Waals surface area (Å²) in [4.78, 5) is 27.9. The van der Waals surface area contributed by atoms with Gasteiger partial charge in [-0.1, -0.05) is 18.2 Å². The molecule has 0 saturated carbocycles. The molecule has 2 heterocycles. The lowest BCUT2D eigenvalue weighted by atomic mass is 10.1. The molecular formula is C19H11BrN2O4S. The maximum Gasteiger partial charge on any atom is 0.345 e. The summed E-state index contributed by atoms with van der Waals surface area (Å²) < 4.78 is 6.13. The smallest absolute Gasteiger partial charge is 0.345 e. The van der Waals surface area contributed by atoms with Crippen LogP contribution < -0.4 is 10.9 Å². The lowest BCUT2D eigenvalue weighted by molar-refractivity contribution is 0.0697. The van der Waals surface area contributed by atoms with Crippen molar-refractivity contribution >= 4 is 55.0 Å². The van der Waals surface area contributed by atoms with E-state index in [1.807, 2.05) is 12.1 Å². The fourth-order valence-corrected chi connectivity index (χ4v) is 3.79. The number of benzene rings is 2. The molecule has 0 unspecified atom stereocenters. The number of hydrogen-bond acceptors (Lipinski definition) is 6. The van der Waals surface area contributed by atoms with Crippen LogP contribution in [-0.2, 0) is 0 Å². The van der Waals surface area contributed by atoms with Crippen LogP contribution in [0.3, 0.4) is 0 Å². The first-order chi connectivity index (χ1) is 13.0. The van der Waals surface area contributed by atoms with Crippen LogP contribution in [0.4, 0.5) is 10.8 Å². The Labute approximate surface area is 165 Å². The summed E-state index contributed by atoms with van der Waals surface area (Å²) in [5.74, 6) is -1.00. The van der Waals surface area contributed by atoms with Gasteiger partial charge in [0.2, 0.25) is 0 Å². The number of carboxylic acid groups (broad SMARTS) is 1. The molecule has 0 bridgehead atoms. The lowest BCUT2D eigenvalue weighted by Crippen LogP contribution is -2.03. The molecule has 0 aliphatic heterocycles. The Balaban J connectivity index is 1.68. The number of fused-ring (bicyclic) bond motifs is 1. The Morgan fingerprint density at radius 2 is 2.00 bits per heavy atom. The van der Waals surface area contributed by atoms with E-state index in [-0.39, 0.29) is 5.56 Å². The van der Waals surface area contributed by atoms with Crippen LogP contribution in [0.2, 0.25) is 0 Å². The van der Waals surface area contributed by atoms with E-state index in [0.29, 0.717) is 32.1 Å². The number of halogens is 1. The summed E-state index contributed by atoms with van der Waals surface area (Å²) in [6.45, 7) is 0. The average Bonchev–Trinajstić information content (AvgIpc) is 3.10. The van der Waals surface area contributed by atoms with Gasteiger partial charge < -0.3 is 14.8 Å². The van der Waals surface area contributed by atoms with Crippen LogP contribution in [0.15, 0.2) is 67.6 Å². The Morgan fingerprint density at radius 3 is 2.81 bits per heavy atom. The number of nitrogens with one attached hydrogen (secondary N) is 1. The molecule has 4 aromatic rings. The van der Waals surface area contributed by atoms with E-state index in [0.717, 1.165) is 5.39 Å². The first-order valence-electron chi connectivity index (χ1n) is 7.80. The number of aromatic carboxylic acids is 1. The molecule has 4 rings (SSSR count). The highest BCUT2D eigenvalue weighted by Gasteiger charge is 2.13. The highest BCUT2D eigenvalue weighted by atomic mass is 79.9. The van der Waals surface area contributed by atoms with Crippen molar-refractivity contribution in [2.75, 3.05) is 5.32 Å². The van der Waals surface area contributed by atoms with Crippen LogP contribution in [0.25, 0.3) is 22.2 Å². The van der Waals surface area contributed by atoms with Crippen LogP contribution >= 0.6 is 27.3 Å². The Kier molecular flexibility index (Phi) is 4.51. The van der Waals surface area contributed by atoms with Crippen molar-refractivity contribution in [2.45, 2.75) is 0 Å². The summed E-state index contributed by atoms with van der Waals surface area (Å²) >= 11 is 4.68. The Bertz CT molecular complexity index is 1230. The molecular weight excluding hydrogens is 432 g/mol. The minimum Gasteiger partial charge on any atom is -0.478 e. The third-order valence-electron chi connectivity index (χ3n) is 3.85. The molecule has 6 nitrogen and oxygen atoms in total. The average molecular weight is 443 g/mol. The van der Waals surface area contributed by atoms with E-state index >= 15 is 0 Å². The van der Waals surface area contributed by atoms with E-state index < -0.39 is 11.6 Å². The number of para-hydroxylation sites is 1. The van der Waals surface area contributed by atoms with Gasteiger partial charge in [-0.3, -0.25) is 0 Å². The predicted octanol–water partition coefficient (Wildman–Crippen LogP) is 5.12. The molecule has 0 atom stereocenters. The first kappa shape index (κ1) is 17.4. The minimum atomic E-state index is -1.00. The summed E-state index contributed by atoms with van der Waals surface area (Å²) in [5, 5.41) is 15.2. The van der Waals surface area contributed by atoms with Crippen LogP contribution in [0.1, 0.15) is 10.4 Å². The molecule has 2 aromatic carbocycles. The molecule has 0 aliphatic carbocycles. The number of nitrogens with zero attached hydrogens (tertiary/aromatic N) is 1. The van der Waals surface area contributed by atoms with Gasteiger partial charge in [0, 0.05) is 16.5 Å². The van der Waals surface area contributed by atoms with Crippen LogP contribution in [0.5, 0.6) is 0 Å². The molecule has 2 N–H and O–H groups in total. The van der Waals surface area contributed by atoms with Crippen LogP contribution in [-0.4, -0.2) is 16.1 Å². The molecule has 0 saturated heterocycles. The number of anilines is 2. The standard InChI is InChI=1S/C19H11BrN2O4S/c20-14-6-2-3-10-8-13(18(25)26-16(10)14)15-9-27-19(22-15)21-12-5-1-4-11(7-12)17(23)24/h1-9H,(H,21,22)(H,23,24). The number of hydrogen-bond donors (Lipinski definition) is 2. The molecule has 27 heavy (non-hydrogen) atoms. The highest BCUT2D eigenvalue weighted by molar-refractivity contribution is 9.10. The third-order valence-corrected chi connectivity index (χ3v) is 5.24. The zero-order valence-corrected chi connectivity index (χ0v) is 16.0. The monoisotopic (exact) mass is 442 g/mol. The minimum absolute atomic E-state index is 0.178. The summed E-state index contributed by atoms with van der Waals surface area (Å²) in [7, 11) is 0. The van der Waals surface area contributed by atoms with Gasteiger partial charge in [0.05, 0.1) is 21.3 Å². The van der Waals surface area contributed by atoms with Gasteiger partial charge in [-0.15, -0.1) is 11.3 Å². The summed E-state index contributed by atoms with van der Waals surface area (Å²) in [5.41, 5.74) is 1.66. The second kappa shape index (κ2) is 6.98. The number of rotatable bonds is 4. The quantitative estimate of drug-likeness (QED) is 0.426. The van der Waals surface area contributed by atoms with Crippen molar-refractivity contribution in [2.24, 2.45) is 0 Å².